The number of nitrogens with one attached hydrogen (secondary N) is 3. The highest BCUT2D eigenvalue weighted by atomic mass is 15.2. The van der Waals surface area contributed by atoms with Gasteiger partial charge in [0.25, 0.3) is 0 Å². The second-order valence-corrected chi connectivity index (χ2v) is 6.83. The Bertz CT molecular complexity index is 880. The highest BCUT2D eigenvalue weighted by Crippen LogP contribution is 2.30. The normalized spacial score (nSPS) is 15.1. The van der Waals surface area contributed by atoms with E-state index in [-0.39, 0.29) is 6.17 Å². The number of allylic oxidation sites excluding steroid dienone is 2. The predicted molar refractivity (Wildman–Crippen MR) is 126 cm³/mol. The van der Waals surface area contributed by atoms with E-state index in [1.54, 1.807) is 0 Å². The summed E-state index contributed by atoms with van der Waals surface area (Å²) in [6.45, 7) is 15.4. The van der Waals surface area contributed by atoms with Crippen LogP contribution >= 0.6 is 0 Å². The molecule has 1 heterocycles. The Morgan fingerprint density at radius 1 is 1.14 bits per heavy atom. The fourth-order valence-electron chi connectivity index (χ4n) is 3.16. The fourth-order valence-corrected chi connectivity index (χ4v) is 3.16. The van der Waals surface area contributed by atoms with Crippen molar-refractivity contribution in [2.75, 3.05) is 11.9 Å². The lowest BCUT2D eigenvalue weighted by atomic mass is 10.0. The summed E-state index contributed by atoms with van der Waals surface area (Å²) in [5, 5.41) is 10.3. The molecule has 1 unspecified atom stereocenters. The van der Waals surface area contributed by atoms with Crippen molar-refractivity contribution in [1.29, 1.82) is 0 Å². The van der Waals surface area contributed by atoms with E-state index in [0.29, 0.717) is 0 Å². The second-order valence-electron chi connectivity index (χ2n) is 6.83. The predicted octanol–water partition coefficient (Wildman–Crippen LogP) is 5.90. The van der Waals surface area contributed by atoms with Crippen LogP contribution in [-0.2, 0) is 0 Å². The van der Waals surface area contributed by atoms with Crippen molar-refractivity contribution in [2.24, 2.45) is 4.99 Å². The average Bonchev–Trinajstić information content (AvgIpc) is 2.74. The van der Waals surface area contributed by atoms with Crippen molar-refractivity contribution >= 4 is 11.5 Å². The van der Waals surface area contributed by atoms with Crippen LogP contribution in [0.25, 0.3) is 0 Å². The molecule has 0 amide bonds. The minimum Gasteiger partial charge on any atom is -0.389 e. The largest absolute Gasteiger partial charge is 0.389 e. The van der Waals surface area contributed by atoms with Gasteiger partial charge in [0.15, 0.2) is 0 Å². The summed E-state index contributed by atoms with van der Waals surface area (Å²) in [5.41, 5.74) is 6.42. The van der Waals surface area contributed by atoms with Gasteiger partial charge in [-0.25, -0.2) is 4.99 Å². The number of rotatable bonds is 6. The van der Waals surface area contributed by atoms with Gasteiger partial charge in [0.05, 0.1) is 0 Å². The Morgan fingerprint density at radius 2 is 1.83 bits per heavy atom. The molecule has 0 aliphatic carbocycles. The molecule has 154 valence electrons. The van der Waals surface area contributed by atoms with Crippen LogP contribution in [-0.4, -0.2) is 12.4 Å². The van der Waals surface area contributed by atoms with Gasteiger partial charge in [-0.1, -0.05) is 63.7 Å². The van der Waals surface area contributed by atoms with Crippen molar-refractivity contribution in [2.45, 2.75) is 47.2 Å². The van der Waals surface area contributed by atoms with Gasteiger partial charge in [-0.3, -0.25) is 0 Å². The van der Waals surface area contributed by atoms with E-state index in [0.717, 1.165) is 41.4 Å². The average molecular weight is 391 g/mol. The van der Waals surface area contributed by atoms with Crippen molar-refractivity contribution in [3.63, 3.8) is 0 Å². The molecule has 0 radical (unpaired) electrons. The maximum atomic E-state index is 4.95. The van der Waals surface area contributed by atoms with E-state index in [1.165, 1.54) is 11.1 Å². The Balaban J connectivity index is 0.00000145. The zero-order valence-electron chi connectivity index (χ0n) is 18.3. The van der Waals surface area contributed by atoms with Gasteiger partial charge in [-0.2, -0.15) is 0 Å². The van der Waals surface area contributed by atoms with Gasteiger partial charge in [0, 0.05) is 29.2 Å². The standard InChI is InChI=1S/C23H28N4.C2H6/c1-5-14-24-17(3)15-18(4)25-23-20-12-8-9-13-21(20)26-22(27-23)19-11-7-6-10-16(19)2;1-2/h6-13,15,22,24,26H,4-5,14H2,1-3H3,(H,25,27);1-2H3/b17-15-;. The number of benzene rings is 2. The SMILES string of the molecule is C=C(/C=C(/C)NCCC)NC1=NC(c2ccccc2C)Nc2ccccc21.CC. The van der Waals surface area contributed by atoms with E-state index < -0.39 is 0 Å². The summed E-state index contributed by atoms with van der Waals surface area (Å²) < 4.78 is 0. The molecule has 4 heteroatoms. The molecule has 1 aliphatic heterocycles. The van der Waals surface area contributed by atoms with Gasteiger partial charge >= 0.3 is 0 Å². The second kappa shape index (κ2) is 11.1. The zero-order valence-corrected chi connectivity index (χ0v) is 18.3. The van der Waals surface area contributed by atoms with Crippen molar-refractivity contribution in [1.82, 2.24) is 10.6 Å². The summed E-state index contributed by atoms with van der Waals surface area (Å²) in [5.74, 6) is 0.835. The van der Waals surface area contributed by atoms with Crippen molar-refractivity contribution < 1.29 is 0 Å². The fraction of sp³-hybridized carbons (Fsp3) is 0.320. The van der Waals surface area contributed by atoms with Crippen LogP contribution in [0.5, 0.6) is 0 Å². The van der Waals surface area contributed by atoms with Crippen molar-refractivity contribution in [3.8, 4) is 0 Å². The molecule has 29 heavy (non-hydrogen) atoms. The maximum Gasteiger partial charge on any atom is 0.147 e. The number of anilines is 1. The Hall–Kier alpha value is -3.01. The Labute approximate surface area is 175 Å². The molecule has 1 aliphatic rings. The number of hydrogen-bond donors (Lipinski definition) is 3. The highest BCUT2D eigenvalue weighted by Gasteiger charge is 2.22. The summed E-state index contributed by atoms with van der Waals surface area (Å²) >= 11 is 0. The van der Waals surface area contributed by atoms with Crippen LogP contribution in [0.2, 0.25) is 0 Å². The monoisotopic (exact) mass is 390 g/mol. The summed E-state index contributed by atoms with van der Waals surface area (Å²) in [7, 11) is 0. The van der Waals surface area contributed by atoms with E-state index in [1.807, 2.05) is 32.1 Å². The van der Waals surface area contributed by atoms with Crippen LogP contribution in [0.15, 0.2) is 77.6 Å². The minimum absolute atomic E-state index is 0.125. The van der Waals surface area contributed by atoms with Crippen LogP contribution in [0.3, 0.4) is 0 Å². The van der Waals surface area contributed by atoms with Gasteiger partial charge in [0.1, 0.15) is 12.0 Å². The lowest BCUT2D eigenvalue weighted by Gasteiger charge is -2.27. The lowest BCUT2D eigenvalue weighted by molar-refractivity contribution is 0.767. The Kier molecular flexibility index (Phi) is 8.53. The van der Waals surface area contributed by atoms with Crippen LogP contribution < -0.4 is 16.0 Å². The number of aliphatic imine (C=N–C) groups is 1. The minimum atomic E-state index is -0.125. The van der Waals surface area contributed by atoms with E-state index in [2.05, 4.69) is 79.7 Å². The highest BCUT2D eigenvalue weighted by molar-refractivity contribution is 6.05. The first-order chi connectivity index (χ1) is 14.1. The Morgan fingerprint density at radius 3 is 2.55 bits per heavy atom. The summed E-state index contributed by atoms with van der Waals surface area (Å²) in [6, 6.07) is 16.6. The molecule has 4 nitrogen and oxygen atoms in total. The van der Waals surface area contributed by atoms with Gasteiger partial charge in [-0.05, 0) is 49.6 Å². The molecule has 1 atom stereocenters. The third-order valence-corrected chi connectivity index (χ3v) is 4.54. The number of amidine groups is 1. The van der Waals surface area contributed by atoms with Crippen LogP contribution in [0, 0.1) is 6.92 Å². The third-order valence-electron chi connectivity index (χ3n) is 4.54. The number of nitrogens with zero attached hydrogens (tertiary/aromatic N) is 1. The number of para-hydroxylation sites is 1. The van der Waals surface area contributed by atoms with Gasteiger partial charge < -0.3 is 16.0 Å². The molecule has 0 saturated carbocycles. The lowest BCUT2D eigenvalue weighted by Crippen LogP contribution is -2.30. The molecular weight excluding hydrogens is 356 g/mol. The number of hydrogen-bond acceptors (Lipinski definition) is 4. The molecule has 0 fully saturated rings. The summed E-state index contributed by atoms with van der Waals surface area (Å²) in [4.78, 5) is 4.95. The first-order valence-electron chi connectivity index (χ1n) is 10.5. The van der Waals surface area contributed by atoms with E-state index in [9.17, 15) is 0 Å². The molecule has 0 spiro atoms. The maximum absolute atomic E-state index is 4.95. The van der Waals surface area contributed by atoms with Crippen molar-refractivity contribution in [3.05, 3.63) is 89.3 Å². The van der Waals surface area contributed by atoms with Crippen LogP contribution in [0.1, 0.15) is 57.0 Å². The molecular formula is C25H34N4. The van der Waals surface area contributed by atoms with E-state index >= 15 is 0 Å². The van der Waals surface area contributed by atoms with Gasteiger partial charge in [0.2, 0.25) is 0 Å². The third kappa shape index (κ3) is 5.98. The summed E-state index contributed by atoms with van der Waals surface area (Å²) in [6.07, 6.45) is 2.99. The quantitative estimate of drug-likeness (QED) is 0.538. The first-order valence-corrected chi connectivity index (χ1v) is 10.5. The zero-order chi connectivity index (χ0) is 21.2. The molecule has 0 saturated heterocycles. The topological polar surface area (TPSA) is 48.5 Å². The molecule has 3 N–H and O–H groups in total. The number of fused-ring (bicyclic) bond motifs is 1. The molecule has 2 aromatic carbocycles. The molecule has 2 aromatic rings. The van der Waals surface area contributed by atoms with Gasteiger partial charge in [-0.15, -0.1) is 0 Å². The first kappa shape index (κ1) is 22.3. The van der Waals surface area contributed by atoms with E-state index in [4.69, 9.17) is 4.99 Å². The van der Waals surface area contributed by atoms with Crippen LogP contribution in [0.4, 0.5) is 5.69 Å². The molecule has 3 rings (SSSR count). The number of aryl methyl sites for hydroxylation is 1. The smallest absolute Gasteiger partial charge is 0.147 e. The molecule has 0 bridgehead atoms. The molecule has 0 aromatic heterocycles.